The molecule has 0 aromatic heterocycles. The number of amides is 1. The summed E-state index contributed by atoms with van der Waals surface area (Å²) in [5.41, 5.74) is 7.93. The molecule has 0 radical (unpaired) electrons. The average molecular weight is 343 g/mol. The summed E-state index contributed by atoms with van der Waals surface area (Å²) >= 11 is 6.01. The number of nitrogens with one attached hydrogen (secondary N) is 1. The van der Waals surface area contributed by atoms with Crippen LogP contribution in [-0.2, 0) is 4.79 Å². The van der Waals surface area contributed by atoms with Crippen LogP contribution in [0.3, 0.4) is 0 Å². The van der Waals surface area contributed by atoms with Crippen LogP contribution < -0.4 is 11.1 Å². The van der Waals surface area contributed by atoms with Crippen LogP contribution in [0.25, 0.3) is 0 Å². The van der Waals surface area contributed by atoms with E-state index in [1.807, 2.05) is 54.6 Å². The van der Waals surface area contributed by atoms with Crippen molar-refractivity contribution in [2.75, 3.05) is 6.54 Å². The van der Waals surface area contributed by atoms with Gasteiger partial charge in [0.25, 0.3) is 0 Å². The first-order chi connectivity index (χ1) is 11.7. The Morgan fingerprint density at radius 2 is 1.75 bits per heavy atom. The molecule has 1 fully saturated rings. The van der Waals surface area contributed by atoms with Gasteiger partial charge in [0.1, 0.15) is 0 Å². The van der Waals surface area contributed by atoms with Crippen molar-refractivity contribution < 1.29 is 4.79 Å². The van der Waals surface area contributed by atoms with Gasteiger partial charge in [0.05, 0.1) is 6.04 Å². The van der Waals surface area contributed by atoms with Crippen molar-refractivity contribution in [2.45, 2.75) is 25.3 Å². The molecular weight excluding hydrogens is 320 g/mol. The van der Waals surface area contributed by atoms with Gasteiger partial charge in [-0.3, -0.25) is 4.79 Å². The molecule has 0 aliphatic heterocycles. The van der Waals surface area contributed by atoms with E-state index in [9.17, 15) is 4.79 Å². The van der Waals surface area contributed by atoms with Gasteiger partial charge in [-0.15, -0.1) is 0 Å². The number of hydrogen-bond donors (Lipinski definition) is 2. The van der Waals surface area contributed by atoms with Crippen molar-refractivity contribution in [3.05, 3.63) is 70.7 Å². The van der Waals surface area contributed by atoms with E-state index in [2.05, 4.69) is 5.32 Å². The molecule has 3 rings (SSSR count). The predicted molar refractivity (Wildman–Crippen MR) is 97.8 cm³/mol. The van der Waals surface area contributed by atoms with Crippen molar-refractivity contribution in [1.82, 2.24) is 5.32 Å². The average Bonchev–Trinajstić information content (AvgIpc) is 3.10. The third-order valence-electron chi connectivity index (χ3n) is 4.92. The van der Waals surface area contributed by atoms with Crippen LogP contribution in [0.15, 0.2) is 54.6 Å². The zero-order valence-corrected chi connectivity index (χ0v) is 14.4. The zero-order valence-electron chi connectivity index (χ0n) is 13.6. The van der Waals surface area contributed by atoms with Gasteiger partial charge in [-0.2, -0.15) is 0 Å². The van der Waals surface area contributed by atoms with Gasteiger partial charge in [-0.05, 0) is 48.6 Å². The molecule has 3 atom stereocenters. The standard InChI is InChI=1S/C20H23ClN2O/c21-17-11-9-15(10-12-17)19(14-5-2-1-3-6-14)23-20(24)18-8-4-7-16(18)13-22/h1-3,5-6,9-12,16,18-19H,4,7-8,13,22H2,(H,23,24)/t16-,18-,19?/m1/s1. The first-order valence-electron chi connectivity index (χ1n) is 8.50. The molecule has 3 nitrogen and oxygen atoms in total. The van der Waals surface area contributed by atoms with E-state index in [1.165, 1.54) is 0 Å². The third-order valence-corrected chi connectivity index (χ3v) is 5.17. The number of hydrogen-bond acceptors (Lipinski definition) is 2. The third kappa shape index (κ3) is 3.80. The van der Waals surface area contributed by atoms with Crippen LogP contribution in [0.5, 0.6) is 0 Å². The van der Waals surface area contributed by atoms with Crippen LogP contribution in [0, 0.1) is 11.8 Å². The van der Waals surface area contributed by atoms with Gasteiger partial charge in [0.2, 0.25) is 5.91 Å². The highest BCUT2D eigenvalue weighted by Crippen LogP contribution is 2.32. The lowest BCUT2D eigenvalue weighted by atomic mass is 9.93. The highest BCUT2D eigenvalue weighted by molar-refractivity contribution is 6.30. The maximum absolute atomic E-state index is 12.8. The molecule has 1 saturated carbocycles. The second-order valence-electron chi connectivity index (χ2n) is 6.44. The summed E-state index contributed by atoms with van der Waals surface area (Å²) in [6.07, 6.45) is 3.05. The lowest BCUT2D eigenvalue weighted by Gasteiger charge is -2.24. The Morgan fingerprint density at radius 1 is 1.08 bits per heavy atom. The molecule has 3 N–H and O–H groups in total. The molecule has 4 heteroatoms. The van der Waals surface area contributed by atoms with Crippen LogP contribution in [-0.4, -0.2) is 12.5 Å². The number of carbonyl (C=O) groups is 1. The molecule has 0 bridgehead atoms. The van der Waals surface area contributed by atoms with E-state index in [0.717, 1.165) is 30.4 Å². The largest absolute Gasteiger partial charge is 0.345 e. The predicted octanol–water partition coefficient (Wildman–Crippen LogP) is 3.92. The quantitative estimate of drug-likeness (QED) is 0.865. The van der Waals surface area contributed by atoms with Crippen LogP contribution in [0.2, 0.25) is 5.02 Å². The molecule has 0 heterocycles. The van der Waals surface area contributed by atoms with Crippen molar-refractivity contribution in [3.8, 4) is 0 Å². The van der Waals surface area contributed by atoms with E-state index in [0.29, 0.717) is 17.5 Å². The molecule has 1 amide bonds. The molecule has 1 unspecified atom stereocenters. The Hall–Kier alpha value is -1.84. The first-order valence-corrected chi connectivity index (χ1v) is 8.87. The molecule has 0 spiro atoms. The molecule has 0 saturated heterocycles. The van der Waals surface area contributed by atoms with Crippen molar-refractivity contribution in [1.29, 1.82) is 0 Å². The molecule has 24 heavy (non-hydrogen) atoms. The summed E-state index contributed by atoms with van der Waals surface area (Å²) in [6, 6.07) is 17.5. The Morgan fingerprint density at radius 3 is 2.42 bits per heavy atom. The topological polar surface area (TPSA) is 55.1 Å². The van der Waals surface area contributed by atoms with E-state index >= 15 is 0 Å². The lowest BCUT2D eigenvalue weighted by molar-refractivity contribution is -0.126. The fourth-order valence-corrected chi connectivity index (χ4v) is 3.70. The van der Waals surface area contributed by atoms with Gasteiger partial charge in [-0.1, -0.05) is 60.5 Å². The second kappa shape index (κ2) is 7.82. The molecule has 2 aromatic rings. The van der Waals surface area contributed by atoms with Crippen LogP contribution in [0.4, 0.5) is 0 Å². The minimum absolute atomic E-state index is 0.0218. The molecule has 1 aliphatic carbocycles. The fraction of sp³-hybridized carbons (Fsp3) is 0.350. The maximum atomic E-state index is 12.8. The van der Waals surface area contributed by atoms with Gasteiger partial charge in [0, 0.05) is 10.9 Å². The lowest BCUT2D eigenvalue weighted by Crippen LogP contribution is -2.37. The van der Waals surface area contributed by atoms with E-state index < -0.39 is 0 Å². The Balaban J connectivity index is 1.85. The summed E-state index contributed by atoms with van der Waals surface area (Å²) < 4.78 is 0. The Kier molecular flexibility index (Phi) is 5.54. The first kappa shape index (κ1) is 17.0. The van der Waals surface area contributed by atoms with Gasteiger partial charge >= 0.3 is 0 Å². The minimum Gasteiger partial charge on any atom is -0.345 e. The van der Waals surface area contributed by atoms with Crippen molar-refractivity contribution in [3.63, 3.8) is 0 Å². The van der Waals surface area contributed by atoms with E-state index in [1.54, 1.807) is 0 Å². The number of halogens is 1. The van der Waals surface area contributed by atoms with Gasteiger partial charge in [0.15, 0.2) is 0 Å². The number of nitrogens with two attached hydrogens (primary N) is 1. The Labute approximate surface area is 148 Å². The van der Waals surface area contributed by atoms with Crippen molar-refractivity contribution in [2.24, 2.45) is 17.6 Å². The van der Waals surface area contributed by atoms with E-state index in [-0.39, 0.29) is 17.9 Å². The highest BCUT2D eigenvalue weighted by atomic mass is 35.5. The number of rotatable bonds is 5. The van der Waals surface area contributed by atoms with Gasteiger partial charge in [-0.25, -0.2) is 0 Å². The Bertz CT molecular complexity index is 672. The molecule has 2 aromatic carbocycles. The van der Waals surface area contributed by atoms with Gasteiger partial charge < -0.3 is 11.1 Å². The van der Waals surface area contributed by atoms with E-state index in [4.69, 9.17) is 17.3 Å². The molecule has 126 valence electrons. The monoisotopic (exact) mass is 342 g/mol. The van der Waals surface area contributed by atoms with Crippen molar-refractivity contribution >= 4 is 17.5 Å². The summed E-state index contributed by atoms with van der Waals surface area (Å²) in [6.45, 7) is 0.578. The molecular formula is C20H23ClN2O. The maximum Gasteiger partial charge on any atom is 0.224 e. The molecule has 1 aliphatic rings. The summed E-state index contributed by atoms with van der Waals surface area (Å²) in [4.78, 5) is 12.8. The fourth-order valence-electron chi connectivity index (χ4n) is 3.57. The minimum atomic E-state index is -0.171. The normalized spacial score (nSPS) is 21.4. The second-order valence-corrected chi connectivity index (χ2v) is 6.87. The van der Waals surface area contributed by atoms with Crippen LogP contribution in [0.1, 0.15) is 36.4 Å². The zero-order chi connectivity index (χ0) is 16.9. The smallest absolute Gasteiger partial charge is 0.224 e. The van der Waals surface area contributed by atoms with Crippen LogP contribution >= 0.6 is 11.6 Å². The summed E-state index contributed by atoms with van der Waals surface area (Å²) in [7, 11) is 0. The highest BCUT2D eigenvalue weighted by Gasteiger charge is 2.33. The number of carbonyl (C=O) groups excluding carboxylic acids is 1. The SMILES string of the molecule is NC[C@H]1CCC[C@H]1C(=O)NC(c1ccccc1)c1ccc(Cl)cc1. The summed E-state index contributed by atoms with van der Waals surface area (Å²) in [5, 5.41) is 3.93. The number of benzene rings is 2. The summed E-state index contributed by atoms with van der Waals surface area (Å²) in [5.74, 6) is 0.423.